The van der Waals surface area contributed by atoms with Crippen molar-refractivity contribution in [3.05, 3.63) is 59.2 Å². The first-order chi connectivity index (χ1) is 12.9. The number of alkyl halides is 3. The Balaban J connectivity index is 1.86. The summed E-state index contributed by atoms with van der Waals surface area (Å²) in [5, 5.41) is 8.95. The van der Waals surface area contributed by atoms with Gasteiger partial charge in [0.2, 0.25) is 0 Å². The third-order valence-electron chi connectivity index (χ3n) is 4.62. The number of nitriles is 1. The lowest BCUT2D eigenvalue weighted by Crippen LogP contribution is -2.37. The van der Waals surface area contributed by atoms with E-state index in [4.69, 9.17) is 10.00 Å². The molecule has 0 radical (unpaired) electrons. The lowest BCUT2D eigenvalue weighted by atomic mass is 10.1. The molecule has 0 saturated carbocycles. The van der Waals surface area contributed by atoms with E-state index >= 15 is 0 Å². The summed E-state index contributed by atoms with van der Waals surface area (Å²) in [5.74, 6) is 0. The molecule has 2 aromatic rings. The highest BCUT2D eigenvalue weighted by molar-refractivity contribution is 5.58. The molecule has 1 heterocycles. The predicted octanol–water partition coefficient (Wildman–Crippen LogP) is 4.05. The fraction of sp³-hybridized carbons (Fsp3) is 0.350. The highest BCUT2D eigenvalue weighted by Crippen LogP contribution is 2.35. The summed E-state index contributed by atoms with van der Waals surface area (Å²) in [6.45, 7) is 3.35. The smallest absolute Gasteiger partial charge is 0.378 e. The van der Waals surface area contributed by atoms with Crippen molar-refractivity contribution in [3.8, 4) is 6.07 Å². The summed E-state index contributed by atoms with van der Waals surface area (Å²) in [4.78, 5) is 3.99. The van der Waals surface area contributed by atoms with Crippen molar-refractivity contribution in [1.82, 2.24) is 0 Å². The van der Waals surface area contributed by atoms with Gasteiger partial charge in [-0.25, -0.2) is 0 Å². The number of halogens is 3. The largest absolute Gasteiger partial charge is 0.417 e. The molecule has 27 heavy (non-hydrogen) atoms. The summed E-state index contributed by atoms with van der Waals surface area (Å²) in [7, 11) is 1.75. The van der Waals surface area contributed by atoms with Crippen molar-refractivity contribution in [1.29, 1.82) is 5.26 Å². The van der Waals surface area contributed by atoms with Gasteiger partial charge in [0.1, 0.15) is 0 Å². The maximum Gasteiger partial charge on any atom is 0.417 e. The molecule has 4 nitrogen and oxygen atoms in total. The number of anilines is 2. The molecule has 0 aromatic heterocycles. The van der Waals surface area contributed by atoms with Gasteiger partial charge in [-0.2, -0.15) is 18.4 Å². The van der Waals surface area contributed by atoms with Gasteiger partial charge in [0.25, 0.3) is 0 Å². The maximum atomic E-state index is 13.2. The monoisotopic (exact) mass is 375 g/mol. The molecular weight excluding hydrogens is 355 g/mol. The molecule has 0 amide bonds. The van der Waals surface area contributed by atoms with E-state index < -0.39 is 11.7 Å². The van der Waals surface area contributed by atoms with Crippen molar-refractivity contribution < 1.29 is 17.9 Å². The molecule has 1 aliphatic rings. The van der Waals surface area contributed by atoms with E-state index in [0.29, 0.717) is 25.4 Å². The summed E-state index contributed by atoms with van der Waals surface area (Å²) < 4.78 is 45.1. The van der Waals surface area contributed by atoms with Crippen LogP contribution in [0.25, 0.3) is 0 Å². The Morgan fingerprint density at radius 3 is 2.52 bits per heavy atom. The lowest BCUT2D eigenvalue weighted by molar-refractivity contribution is -0.137. The second kappa shape index (κ2) is 7.89. The second-order valence-electron chi connectivity index (χ2n) is 6.42. The molecular formula is C20H20F3N3O. The van der Waals surface area contributed by atoms with Crippen LogP contribution < -0.4 is 9.80 Å². The van der Waals surface area contributed by atoms with Crippen molar-refractivity contribution in [2.24, 2.45) is 0 Å². The molecule has 142 valence electrons. The van der Waals surface area contributed by atoms with Gasteiger partial charge in [0, 0.05) is 38.1 Å². The van der Waals surface area contributed by atoms with Gasteiger partial charge in [-0.05, 0) is 29.8 Å². The fourth-order valence-electron chi connectivity index (χ4n) is 3.21. The van der Waals surface area contributed by atoms with E-state index in [0.717, 1.165) is 30.4 Å². The number of morpholine rings is 1. The first kappa shape index (κ1) is 19.1. The van der Waals surface area contributed by atoms with Gasteiger partial charge >= 0.3 is 6.18 Å². The first-order valence-corrected chi connectivity index (χ1v) is 8.63. The number of rotatable bonds is 4. The summed E-state index contributed by atoms with van der Waals surface area (Å²) in [5.41, 5.74) is 1.24. The van der Waals surface area contributed by atoms with Gasteiger partial charge < -0.3 is 14.5 Å². The van der Waals surface area contributed by atoms with Crippen LogP contribution in [0.1, 0.15) is 16.7 Å². The molecule has 0 aliphatic carbocycles. The Kier molecular flexibility index (Phi) is 5.57. The van der Waals surface area contributed by atoms with E-state index in [2.05, 4.69) is 4.90 Å². The van der Waals surface area contributed by atoms with Crippen LogP contribution in [0, 0.1) is 11.3 Å². The zero-order valence-corrected chi connectivity index (χ0v) is 15.0. The summed E-state index contributed by atoms with van der Waals surface area (Å²) >= 11 is 0. The fourth-order valence-corrected chi connectivity index (χ4v) is 3.21. The van der Waals surface area contributed by atoms with Gasteiger partial charge in [0.05, 0.1) is 30.4 Å². The Morgan fingerprint density at radius 1 is 1.15 bits per heavy atom. The summed E-state index contributed by atoms with van der Waals surface area (Å²) in [6.07, 6.45) is -4.56. The molecule has 3 rings (SSSR count). The normalized spacial score (nSPS) is 14.7. The van der Waals surface area contributed by atoms with Crippen molar-refractivity contribution in [3.63, 3.8) is 0 Å². The van der Waals surface area contributed by atoms with Crippen LogP contribution in [0.5, 0.6) is 0 Å². The molecule has 1 aliphatic heterocycles. The molecule has 2 aromatic carbocycles. The van der Waals surface area contributed by atoms with Crippen LogP contribution in [-0.4, -0.2) is 33.4 Å². The molecule has 1 fully saturated rings. The second-order valence-corrected chi connectivity index (χ2v) is 6.42. The van der Waals surface area contributed by atoms with E-state index in [1.54, 1.807) is 24.1 Å². The predicted molar refractivity (Wildman–Crippen MR) is 97.7 cm³/mol. The van der Waals surface area contributed by atoms with Crippen LogP contribution in [0.4, 0.5) is 24.5 Å². The van der Waals surface area contributed by atoms with Crippen LogP contribution in [-0.2, 0) is 17.5 Å². The number of para-hydroxylation sites is 1. The molecule has 0 atom stereocenters. The van der Waals surface area contributed by atoms with Crippen molar-refractivity contribution >= 4 is 11.4 Å². The molecule has 0 bridgehead atoms. The topological polar surface area (TPSA) is 39.5 Å². The number of ether oxygens (including phenoxy) is 1. The molecule has 0 unspecified atom stereocenters. The highest BCUT2D eigenvalue weighted by Gasteiger charge is 2.34. The van der Waals surface area contributed by atoms with Crippen LogP contribution in [0.3, 0.4) is 0 Å². The van der Waals surface area contributed by atoms with Crippen LogP contribution in [0.15, 0.2) is 42.5 Å². The third-order valence-corrected chi connectivity index (χ3v) is 4.62. The minimum absolute atomic E-state index is 0.367. The average molecular weight is 375 g/mol. The van der Waals surface area contributed by atoms with E-state index in [9.17, 15) is 13.2 Å². The number of benzene rings is 2. The van der Waals surface area contributed by atoms with Crippen molar-refractivity contribution in [2.75, 3.05) is 43.2 Å². The summed E-state index contributed by atoms with van der Waals surface area (Å²) in [6, 6.07) is 13.3. The minimum atomic E-state index is -4.56. The standard InChI is InChI=1S/C20H20F3N3O/c1-25(17-7-6-15(13-24)18(12-17)20(21,22)23)14-16-4-2-3-5-19(16)26-8-10-27-11-9-26/h2-7,12H,8-11,14H2,1H3. The van der Waals surface area contributed by atoms with Crippen LogP contribution in [0.2, 0.25) is 0 Å². The number of hydrogen-bond acceptors (Lipinski definition) is 4. The van der Waals surface area contributed by atoms with Crippen molar-refractivity contribution in [2.45, 2.75) is 12.7 Å². The van der Waals surface area contributed by atoms with Gasteiger partial charge in [-0.3, -0.25) is 0 Å². The minimum Gasteiger partial charge on any atom is -0.378 e. The molecule has 0 N–H and O–H groups in total. The lowest BCUT2D eigenvalue weighted by Gasteiger charge is -2.32. The van der Waals surface area contributed by atoms with Gasteiger partial charge in [-0.1, -0.05) is 18.2 Å². The van der Waals surface area contributed by atoms with Gasteiger partial charge in [0.15, 0.2) is 0 Å². The Labute approximate surface area is 156 Å². The third kappa shape index (κ3) is 4.34. The molecule has 1 saturated heterocycles. The highest BCUT2D eigenvalue weighted by atomic mass is 19.4. The Morgan fingerprint density at radius 2 is 1.85 bits per heavy atom. The molecule has 7 heteroatoms. The quantitative estimate of drug-likeness (QED) is 0.808. The van der Waals surface area contributed by atoms with E-state index in [1.807, 2.05) is 24.3 Å². The van der Waals surface area contributed by atoms with E-state index in [-0.39, 0.29) is 5.56 Å². The number of hydrogen-bond donors (Lipinski definition) is 0. The molecule has 0 spiro atoms. The zero-order chi connectivity index (χ0) is 19.4. The maximum absolute atomic E-state index is 13.2. The zero-order valence-electron chi connectivity index (χ0n) is 15.0. The van der Waals surface area contributed by atoms with E-state index in [1.165, 1.54) is 6.07 Å². The average Bonchev–Trinajstić information content (AvgIpc) is 2.68. The van der Waals surface area contributed by atoms with Crippen LogP contribution >= 0.6 is 0 Å². The first-order valence-electron chi connectivity index (χ1n) is 8.63. The van der Waals surface area contributed by atoms with Gasteiger partial charge in [-0.15, -0.1) is 0 Å². The Bertz CT molecular complexity index is 839. The SMILES string of the molecule is CN(Cc1ccccc1N1CCOCC1)c1ccc(C#N)c(C(F)(F)F)c1. The Hall–Kier alpha value is -2.72. The number of nitrogens with zero attached hydrogens (tertiary/aromatic N) is 3.